The number of fused-ring (bicyclic) bond motifs is 6. The summed E-state index contributed by atoms with van der Waals surface area (Å²) in [6.07, 6.45) is 3.87. The van der Waals surface area contributed by atoms with Crippen LogP contribution >= 0.6 is 0 Å². The van der Waals surface area contributed by atoms with Gasteiger partial charge in [0.2, 0.25) is 5.71 Å². The number of allylic oxidation sites excluding steroid dienone is 2. The molecule has 0 spiro atoms. The number of ketones is 1. The number of aliphatic hydroxyl groups is 1. The average molecular weight is 784 g/mol. The van der Waals surface area contributed by atoms with Crippen LogP contribution in [0.3, 0.4) is 0 Å². The minimum atomic E-state index is -0.125. The van der Waals surface area contributed by atoms with Gasteiger partial charge in [-0.05, 0) is 77.9 Å². The first kappa shape index (κ1) is 32.6. The van der Waals surface area contributed by atoms with Crippen LogP contribution in [0.2, 0.25) is 0 Å². The molecule has 0 aliphatic rings. The van der Waals surface area contributed by atoms with E-state index < -0.39 is 0 Å². The molecule has 0 amide bonds. The Bertz CT molecular complexity index is 2230. The molecule has 233 valence electrons. The van der Waals surface area contributed by atoms with Crippen molar-refractivity contribution in [2.75, 3.05) is 0 Å². The smallest absolute Gasteiger partial charge is 0.216 e. The number of carbonyl (C=O) groups is 1. The van der Waals surface area contributed by atoms with Gasteiger partial charge in [-0.2, -0.15) is 0 Å². The molecule has 0 saturated heterocycles. The van der Waals surface area contributed by atoms with Crippen LogP contribution in [0.25, 0.3) is 66.1 Å². The molecule has 0 atom stereocenters. The van der Waals surface area contributed by atoms with Crippen LogP contribution in [-0.2, 0) is 31.3 Å². The van der Waals surface area contributed by atoms with Crippen molar-refractivity contribution < 1.29 is 39.0 Å². The van der Waals surface area contributed by atoms with Gasteiger partial charge >= 0.3 is 0 Å². The van der Waals surface area contributed by atoms with E-state index >= 15 is 0 Å². The number of rotatable bonds is 5. The van der Waals surface area contributed by atoms with Crippen molar-refractivity contribution in [1.29, 1.82) is 0 Å². The Morgan fingerprint density at radius 3 is 2.37 bits per heavy atom. The number of hydrogen-bond acceptors (Lipinski definition) is 4. The molecule has 3 heterocycles. The molecular formula is C40H35IrN2O3-. The van der Waals surface area contributed by atoms with Crippen molar-refractivity contribution in [2.24, 2.45) is 5.92 Å². The van der Waals surface area contributed by atoms with Gasteiger partial charge in [-0.25, -0.2) is 4.98 Å². The molecule has 7 aromatic rings. The molecule has 0 unspecified atom stereocenters. The van der Waals surface area contributed by atoms with Gasteiger partial charge in [0.25, 0.3) is 0 Å². The second kappa shape index (κ2) is 13.7. The quantitative estimate of drug-likeness (QED) is 0.0621. The average Bonchev–Trinajstić information content (AvgIpc) is 3.39. The number of pyridine rings is 2. The SMILES string of the molecule is CC(=O)/C=C(/C)O.[CH2-][n+]1c(-c2[c-]c(CC(C)C)cc3c2oc2ncccc23)cc(-c2ccccc2)c2c3ccccc3ccc21.[Ir]. The fraction of sp³-hybridized carbons (Fsp3) is 0.150. The van der Waals surface area contributed by atoms with Crippen LogP contribution in [0, 0.1) is 19.0 Å². The Kier molecular flexibility index (Phi) is 9.71. The van der Waals surface area contributed by atoms with Crippen molar-refractivity contribution >= 4 is 49.5 Å². The third kappa shape index (κ3) is 6.46. The molecule has 0 aliphatic carbocycles. The van der Waals surface area contributed by atoms with Crippen LogP contribution in [-0.4, -0.2) is 15.9 Å². The summed E-state index contributed by atoms with van der Waals surface area (Å²) in [5, 5.41) is 14.1. The van der Waals surface area contributed by atoms with E-state index in [4.69, 9.17) is 9.52 Å². The van der Waals surface area contributed by atoms with E-state index in [-0.39, 0.29) is 31.6 Å². The first-order valence-corrected chi connectivity index (χ1v) is 15.1. The molecule has 0 aliphatic heterocycles. The predicted octanol–water partition coefficient (Wildman–Crippen LogP) is 9.58. The van der Waals surface area contributed by atoms with Gasteiger partial charge in [0.1, 0.15) is 11.2 Å². The predicted molar refractivity (Wildman–Crippen MR) is 183 cm³/mol. The van der Waals surface area contributed by atoms with Crippen molar-refractivity contribution in [2.45, 2.75) is 34.1 Å². The Morgan fingerprint density at radius 1 is 0.957 bits per heavy atom. The van der Waals surface area contributed by atoms with Crippen molar-refractivity contribution in [3.05, 3.63) is 128 Å². The molecule has 5 nitrogen and oxygen atoms in total. The van der Waals surface area contributed by atoms with Crippen LogP contribution in [0.5, 0.6) is 0 Å². The summed E-state index contributed by atoms with van der Waals surface area (Å²) in [4.78, 5) is 14.5. The van der Waals surface area contributed by atoms with E-state index in [1.54, 1.807) is 6.20 Å². The molecule has 0 saturated carbocycles. The van der Waals surface area contributed by atoms with Gasteiger partial charge in [0.05, 0.1) is 11.3 Å². The zero-order valence-corrected chi connectivity index (χ0v) is 28.7. The zero-order chi connectivity index (χ0) is 31.7. The monoisotopic (exact) mass is 784 g/mol. The van der Waals surface area contributed by atoms with Gasteiger partial charge in [0.15, 0.2) is 5.78 Å². The molecule has 46 heavy (non-hydrogen) atoms. The van der Waals surface area contributed by atoms with E-state index in [1.165, 1.54) is 36.1 Å². The summed E-state index contributed by atoms with van der Waals surface area (Å²) in [7, 11) is 4.56. The van der Waals surface area contributed by atoms with E-state index in [1.807, 2.05) is 10.6 Å². The standard InChI is InChI=1S/C35H27N2O.C5H8O2.Ir/c1-22(2)18-23-19-29-27-14-9-17-36-35(27)38-34(29)30(20-23)32-21-28(24-10-5-4-6-11-24)33-26-13-8-7-12-25(26)15-16-31(33)37(32)3;1-4(6)3-5(2)7;/h4-17,19,21-22H,3,18H2,1-2H3;3,6H,1-2H3;/q-1;;/b;4-3-;. The second-order valence-corrected chi connectivity index (χ2v) is 11.8. The Hall–Kier alpha value is -4.77. The summed E-state index contributed by atoms with van der Waals surface area (Å²) >= 11 is 0. The molecule has 0 bridgehead atoms. The summed E-state index contributed by atoms with van der Waals surface area (Å²) in [5.41, 5.74) is 7.86. The van der Waals surface area contributed by atoms with E-state index in [0.717, 1.165) is 56.2 Å². The maximum Gasteiger partial charge on any atom is 0.216 e. The van der Waals surface area contributed by atoms with Crippen LogP contribution in [0.1, 0.15) is 33.3 Å². The maximum atomic E-state index is 10.0. The van der Waals surface area contributed by atoms with Gasteiger partial charge in [-0.1, -0.05) is 79.9 Å². The van der Waals surface area contributed by atoms with Crippen LogP contribution in [0.4, 0.5) is 0 Å². The van der Waals surface area contributed by atoms with Crippen LogP contribution in [0.15, 0.2) is 113 Å². The van der Waals surface area contributed by atoms with Crippen molar-refractivity contribution in [3.8, 4) is 22.4 Å². The molecule has 0 fully saturated rings. The Morgan fingerprint density at radius 2 is 1.67 bits per heavy atom. The molecule has 1 N–H and O–H groups in total. The van der Waals surface area contributed by atoms with E-state index in [2.05, 4.69) is 117 Å². The molecule has 1 radical (unpaired) electrons. The number of benzene rings is 4. The maximum absolute atomic E-state index is 10.0. The summed E-state index contributed by atoms with van der Waals surface area (Å²) in [6, 6.07) is 35.7. The fourth-order valence-electron chi connectivity index (χ4n) is 5.97. The van der Waals surface area contributed by atoms with Crippen LogP contribution < -0.4 is 4.57 Å². The van der Waals surface area contributed by atoms with Gasteiger partial charge < -0.3 is 14.1 Å². The number of carbonyl (C=O) groups excluding carboxylic acids is 1. The number of aliphatic hydroxyl groups excluding tert-OH is 1. The number of nitrogens with zero attached hydrogens (tertiary/aromatic N) is 2. The second-order valence-electron chi connectivity index (χ2n) is 11.8. The molecule has 4 aromatic carbocycles. The van der Waals surface area contributed by atoms with Gasteiger partial charge in [-0.3, -0.25) is 4.79 Å². The molecule has 6 heteroatoms. The minimum absolute atomic E-state index is 0. The van der Waals surface area contributed by atoms with Gasteiger partial charge in [-0.15, -0.1) is 17.7 Å². The summed E-state index contributed by atoms with van der Waals surface area (Å²) in [6.45, 7) is 7.33. The third-order valence-electron chi connectivity index (χ3n) is 7.76. The first-order valence-electron chi connectivity index (χ1n) is 15.1. The van der Waals surface area contributed by atoms with Crippen molar-refractivity contribution in [3.63, 3.8) is 0 Å². The molecule has 3 aromatic heterocycles. The third-order valence-corrected chi connectivity index (χ3v) is 7.76. The first-order chi connectivity index (χ1) is 21.7. The Balaban J connectivity index is 0.000000471. The fourth-order valence-corrected chi connectivity index (χ4v) is 5.97. The number of furan rings is 1. The molecule has 7 rings (SSSR count). The largest absolute Gasteiger partial charge is 0.512 e. The zero-order valence-electron chi connectivity index (χ0n) is 26.3. The topological polar surface area (TPSA) is 67.2 Å². The van der Waals surface area contributed by atoms with E-state index in [9.17, 15) is 4.79 Å². The molecular weight excluding hydrogens is 749 g/mol. The Labute approximate surface area is 282 Å². The summed E-state index contributed by atoms with van der Waals surface area (Å²) < 4.78 is 8.44. The van der Waals surface area contributed by atoms with Crippen molar-refractivity contribution in [1.82, 2.24) is 4.98 Å². The number of aromatic nitrogens is 2. The minimum Gasteiger partial charge on any atom is -0.512 e. The normalized spacial score (nSPS) is 11.5. The van der Waals surface area contributed by atoms with Gasteiger partial charge in [0, 0.05) is 50.2 Å². The van der Waals surface area contributed by atoms with E-state index in [0.29, 0.717) is 11.6 Å². The summed E-state index contributed by atoms with van der Waals surface area (Å²) in [5.74, 6) is 0.440. The number of hydrogen-bond donors (Lipinski definition) is 1.